The Balaban J connectivity index is 2.10. The minimum absolute atomic E-state index is 0.156. The lowest BCUT2D eigenvalue weighted by Gasteiger charge is -2.26. The maximum atomic E-state index is 13.1. The Morgan fingerprint density at radius 3 is 2.10 bits per heavy atom. The molecule has 0 radical (unpaired) electrons. The Hall–Kier alpha value is -1.63. The highest BCUT2D eigenvalue weighted by Gasteiger charge is 2.20. The minimum Gasteiger partial charge on any atom is -0.207 e. The van der Waals surface area contributed by atoms with Gasteiger partial charge in [-0.1, -0.05) is 63.2 Å². The van der Waals surface area contributed by atoms with Crippen molar-refractivity contribution in [3.05, 3.63) is 71.5 Å². The van der Waals surface area contributed by atoms with Gasteiger partial charge in [-0.2, -0.15) is 0 Å². The van der Waals surface area contributed by atoms with E-state index in [2.05, 4.69) is 51.1 Å². The van der Waals surface area contributed by atoms with E-state index in [1.807, 2.05) is 12.1 Å². The van der Waals surface area contributed by atoms with Crippen LogP contribution >= 0.6 is 0 Å². The molecule has 0 saturated carbocycles. The summed E-state index contributed by atoms with van der Waals surface area (Å²) in [5.74, 6) is 0.321. The van der Waals surface area contributed by atoms with Gasteiger partial charge in [0.2, 0.25) is 0 Å². The number of hydrogen-bond donors (Lipinski definition) is 0. The second-order valence-corrected chi connectivity index (χ2v) is 7.04. The lowest BCUT2D eigenvalue weighted by Crippen LogP contribution is -2.13. The second-order valence-electron chi connectivity index (χ2n) is 7.04. The third kappa shape index (κ3) is 5.34. The van der Waals surface area contributed by atoms with Crippen molar-refractivity contribution in [2.75, 3.05) is 0 Å². The standard InChI is InChI=1S/C20H25F/c1-20(2,3)15-18(17-11-13-19(21)14-12-17)10-9-16-7-5-4-6-8-16/h4-8,11-14,18H,9-10,15H2,1-3H3. The summed E-state index contributed by atoms with van der Waals surface area (Å²) in [6, 6.07) is 17.6. The van der Waals surface area contributed by atoms with Crippen molar-refractivity contribution in [1.82, 2.24) is 0 Å². The summed E-state index contributed by atoms with van der Waals surface area (Å²) in [6.07, 6.45) is 3.29. The Labute approximate surface area is 128 Å². The summed E-state index contributed by atoms with van der Waals surface area (Å²) in [6.45, 7) is 6.81. The molecule has 0 saturated heterocycles. The molecule has 0 bridgehead atoms. The average Bonchev–Trinajstić information content (AvgIpc) is 2.44. The van der Waals surface area contributed by atoms with E-state index in [1.54, 1.807) is 12.1 Å². The van der Waals surface area contributed by atoms with Gasteiger partial charge < -0.3 is 0 Å². The highest BCUT2D eigenvalue weighted by atomic mass is 19.1. The molecule has 1 atom stereocenters. The zero-order valence-electron chi connectivity index (χ0n) is 13.3. The summed E-state index contributed by atoms with van der Waals surface area (Å²) in [5, 5.41) is 0. The molecule has 21 heavy (non-hydrogen) atoms. The molecular formula is C20H25F. The molecule has 2 aromatic carbocycles. The molecule has 1 unspecified atom stereocenters. The Bertz CT molecular complexity index is 534. The predicted octanol–water partition coefficient (Wildman–Crippen LogP) is 5.98. The number of rotatable bonds is 5. The van der Waals surface area contributed by atoms with E-state index < -0.39 is 0 Å². The van der Waals surface area contributed by atoms with Crippen LogP contribution < -0.4 is 0 Å². The fourth-order valence-corrected chi connectivity index (χ4v) is 2.85. The molecule has 0 nitrogen and oxygen atoms in total. The molecule has 0 aliphatic heterocycles. The summed E-state index contributed by atoms with van der Waals surface area (Å²) in [7, 11) is 0. The number of hydrogen-bond acceptors (Lipinski definition) is 0. The lowest BCUT2D eigenvalue weighted by atomic mass is 9.79. The Morgan fingerprint density at radius 1 is 0.905 bits per heavy atom. The van der Waals surface area contributed by atoms with Crippen molar-refractivity contribution in [2.24, 2.45) is 5.41 Å². The van der Waals surface area contributed by atoms with Gasteiger partial charge in [0.25, 0.3) is 0 Å². The van der Waals surface area contributed by atoms with Gasteiger partial charge in [0, 0.05) is 0 Å². The van der Waals surface area contributed by atoms with Crippen LogP contribution in [-0.2, 0) is 6.42 Å². The molecule has 0 aliphatic carbocycles. The summed E-state index contributed by atoms with van der Waals surface area (Å²) in [5.41, 5.74) is 2.90. The summed E-state index contributed by atoms with van der Waals surface area (Å²) < 4.78 is 13.1. The van der Waals surface area contributed by atoms with Gasteiger partial charge in [-0.05, 0) is 53.9 Å². The van der Waals surface area contributed by atoms with Crippen molar-refractivity contribution in [3.8, 4) is 0 Å². The van der Waals surface area contributed by atoms with Crippen LogP contribution in [0.5, 0.6) is 0 Å². The lowest BCUT2D eigenvalue weighted by molar-refractivity contribution is 0.331. The zero-order chi connectivity index (χ0) is 15.3. The first-order valence-corrected chi connectivity index (χ1v) is 7.73. The van der Waals surface area contributed by atoms with Gasteiger partial charge in [0.05, 0.1) is 0 Å². The normalized spacial score (nSPS) is 13.1. The van der Waals surface area contributed by atoms with E-state index in [9.17, 15) is 4.39 Å². The highest BCUT2D eigenvalue weighted by Crippen LogP contribution is 2.34. The molecule has 0 spiro atoms. The number of aryl methyl sites for hydroxylation is 1. The highest BCUT2D eigenvalue weighted by molar-refractivity contribution is 5.22. The van der Waals surface area contributed by atoms with E-state index in [-0.39, 0.29) is 11.2 Å². The van der Waals surface area contributed by atoms with Gasteiger partial charge >= 0.3 is 0 Å². The van der Waals surface area contributed by atoms with Gasteiger partial charge in [0.1, 0.15) is 5.82 Å². The number of halogens is 1. The molecule has 2 rings (SSSR count). The van der Waals surface area contributed by atoms with Crippen LogP contribution in [0.4, 0.5) is 4.39 Å². The van der Waals surface area contributed by atoms with Crippen molar-refractivity contribution in [3.63, 3.8) is 0 Å². The van der Waals surface area contributed by atoms with Crippen molar-refractivity contribution >= 4 is 0 Å². The molecule has 0 N–H and O–H groups in total. The third-order valence-electron chi connectivity index (χ3n) is 3.82. The summed E-state index contributed by atoms with van der Waals surface area (Å²) >= 11 is 0. The maximum absolute atomic E-state index is 13.1. The molecule has 0 aliphatic rings. The fourth-order valence-electron chi connectivity index (χ4n) is 2.85. The molecular weight excluding hydrogens is 259 g/mol. The minimum atomic E-state index is -0.156. The zero-order valence-corrected chi connectivity index (χ0v) is 13.3. The van der Waals surface area contributed by atoms with E-state index >= 15 is 0 Å². The largest absolute Gasteiger partial charge is 0.207 e. The van der Waals surface area contributed by atoms with E-state index in [1.165, 1.54) is 11.1 Å². The smallest absolute Gasteiger partial charge is 0.123 e. The van der Waals surface area contributed by atoms with Crippen LogP contribution in [0.3, 0.4) is 0 Å². The molecule has 1 heteroatoms. The molecule has 112 valence electrons. The Morgan fingerprint density at radius 2 is 1.52 bits per heavy atom. The van der Waals surface area contributed by atoms with Crippen molar-refractivity contribution < 1.29 is 4.39 Å². The molecule has 0 aromatic heterocycles. The first-order chi connectivity index (χ1) is 9.94. The average molecular weight is 284 g/mol. The van der Waals surface area contributed by atoms with Crippen molar-refractivity contribution in [1.29, 1.82) is 0 Å². The molecule has 0 heterocycles. The van der Waals surface area contributed by atoms with Gasteiger partial charge in [-0.15, -0.1) is 0 Å². The molecule has 0 fully saturated rings. The van der Waals surface area contributed by atoms with Crippen LogP contribution in [0.15, 0.2) is 54.6 Å². The van der Waals surface area contributed by atoms with E-state index in [0.717, 1.165) is 19.3 Å². The fraction of sp³-hybridized carbons (Fsp3) is 0.400. The SMILES string of the molecule is CC(C)(C)CC(CCc1ccccc1)c1ccc(F)cc1. The van der Waals surface area contributed by atoms with Crippen LogP contribution in [0.2, 0.25) is 0 Å². The maximum Gasteiger partial charge on any atom is 0.123 e. The molecule has 2 aromatic rings. The second kappa shape index (κ2) is 6.89. The Kier molecular flexibility index (Phi) is 5.17. The van der Waals surface area contributed by atoms with E-state index in [0.29, 0.717) is 5.92 Å². The van der Waals surface area contributed by atoms with Crippen LogP contribution in [-0.4, -0.2) is 0 Å². The van der Waals surface area contributed by atoms with E-state index in [4.69, 9.17) is 0 Å². The van der Waals surface area contributed by atoms with Gasteiger partial charge in [0.15, 0.2) is 0 Å². The first-order valence-electron chi connectivity index (χ1n) is 7.73. The van der Waals surface area contributed by atoms with Crippen LogP contribution in [0.25, 0.3) is 0 Å². The first kappa shape index (κ1) is 15.8. The van der Waals surface area contributed by atoms with Crippen molar-refractivity contribution in [2.45, 2.75) is 46.0 Å². The quantitative estimate of drug-likeness (QED) is 0.633. The number of benzene rings is 2. The topological polar surface area (TPSA) is 0 Å². The van der Waals surface area contributed by atoms with Gasteiger partial charge in [-0.3, -0.25) is 0 Å². The third-order valence-corrected chi connectivity index (χ3v) is 3.82. The van der Waals surface area contributed by atoms with Crippen LogP contribution in [0.1, 0.15) is 50.7 Å². The van der Waals surface area contributed by atoms with Crippen LogP contribution in [0, 0.1) is 11.2 Å². The van der Waals surface area contributed by atoms with Gasteiger partial charge in [-0.25, -0.2) is 4.39 Å². The predicted molar refractivity (Wildman–Crippen MR) is 88.0 cm³/mol. The molecule has 0 amide bonds. The monoisotopic (exact) mass is 284 g/mol. The summed E-state index contributed by atoms with van der Waals surface area (Å²) in [4.78, 5) is 0.